The molecule has 0 spiro atoms. The van der Waals surface area contributed by atoms with E-state index in [4.69, 9.17) is 4.42 Å². The molecule has 4 heteroatoms. The van der Waals surface area contributed by atoms with Crippen molar-refractivity contribution in [2.24, 2.45) is 5.10 Å². The van der Waals surface area contributed by atoms with Crippen molar-refractivity contribution in [3.8, 4) is 0 Å². The van der Waals surface area contributed by atoms with Crippen LogP contribution in [0.2, 0.25) is 0 Å². The van der Waals surface area contributed by atoms with E-state index in [2.05, 4.69) is 10.1 Å². The molecule has 1 aliphatic heterocycles. The molecule has 0 aliphatic carbocycles. The molecular weight excluding hydrogens is 154 g/mol. The minimum atomic E-state index is 0.243. The molecule has 0 saturated heterocycles. The van der Waals surface area contributed by atoms with Gasteiger partial charge in [-0.3, -0.25) is 5.01 Å². The Bertz CT molecular complexity index is 291. The van der Waals surface area contributed by atoms with Gasteiger partial charge in [-0.2, -0.15) is 5.10 Å². The highest BCUT2D eigenvalue weighted by Gasteiger charge is 2.25. The summed E-state index contributed by atoms with van der Waals surface area (Å²) in [4.78, 5) is 3.88. The van der Waals surface area contributed by atoms with Gasteiger partial charge in [0.15, 0.2) is 6.39 Å². The minimum Gasteiger partial charge on any atom is -0.446 e. The molecule has 0 aromatic carbocycles. The molecule has 0 amide bonds. The Balaban J connectivity index is 2.19. The lowest BCUT2D eigenvalue weighted by Gasteiger charge is -2.15. The highest BCUT2D eigenvalue weighted by atomic mass is 16.3. The quantitative estimate of drug-likeness (QED) is 0.632. The molecule has 1 unspecified atom stereocenters. The van der Waals surface area contributed by atoms with E-state index in [1.54, 1.807) is 6.20 Å². The molecule has 64 valence electrons. The van der Waals surface area contributed by atoms with Crippen LogP contribution in [-0.4, -0.2) is 22.8 Å². The fraction of sp³-hybridized carbons (Fsp3) is 0.500. The first-order chi connectivity index (χ1) is 5.77. The number of oxazole rings is 1. The fourth-order valence-corrected chi connectivity index (χ4v) is 1.47. The van der Waals surface area contributed by atoms with Crippen LogP contribution in [0.25, 0.3) is 0 Å². The van der Waals surface area contributed by atoms with Crippen LogP contribution in [0.4, 0.5) is 0 Å². The van der Waals surface area contributed by atoms with Crippen LogP contribution in [0.1, 0.15) is 25.1 Å². The van der Waals surface area contributed by atoms with Crippen molar-refractivity contribution in [3.63, 3.8) is 0 Å². The van der Waals surface area contributed by atoms with E-state index in [0.717, 1.165) is 17.9 Å². The second kappa shape index (κ2) is 2.62. The van der Waals surface area contributed by atoms with Crippen molar-refractivity contribution in [1.82, 2.24) is 9.99 Å². The molecule has 1 atom stereocenters. The van der Waals surface area contributed by atoms with Gasteiger partial charge in [-0.15, -0.1) is 0 Å². The van der Waals surface area contributed by atoms with Crippen LogP contribution in [0.3, 0.4) is 0 Å². The predicted octanol–water partition coefficient (Wildman–Crippen LogP) is 1.43. The first kappa shape index (κ1) is 7.34. The monoisotopic (exact) mass is 165 g/mol. The Morgan fingerprint density at radius 1 is 1.67 bits per heavy atom. The molecule has 0 radical (unpaired) electrons. The predicted molar refractivity (Wildman–Crippen MR) is 44.7 cm³/mol. The molecule has 2 rings (SSSR count). The Labute approximate surface area is 70.9 Å². The smallest absolute Gasteiger partial charge is 0.180 e. The van der Waals surface area contributed by atoms with Crippen molar-refractivity contribution in [2.75, 3.05) is 7.05 Å². The summed E-state index contributed by atoms with van der Waals surface area (Å²) >= 11 is 0. The summed E-state index contributed by atoms with van der Waals surface area (Å²) in [7, 11) is 1.95. The number of aromatic nitrogens is 1. The van der Waals surface area contributed by atoms with E-state index in [1.165, 1.54) is 6.39 Å². The van der Waals surface area contributed by atoms with E-state index in [0.29, 0.717) is 0 Å². The van der Waals surface area contributed by atoms with Crippen molar-refractivity contribution in [1.29, 1.82) is 0 Å². The minimum absolute atomic E-state index is 0.243. The first-order valence-electron chi connectivity index (χ1n) is 3.92. The highest BCUT2D eigenvalue weighted by Crippen LogP contribution is 2.28. The average molecular weight is 165 g/mol. The summed E-state index contributed by atoms with van der Waals surface area (Å²) in [5.74, 6) is 0.887. The van der Waals surface area contributed by atoms with Gasteiger partial charge in [-0.05, 0) is 6.92 Å². The van der Waals surface area contributed by atoms with Crippen LogP contribution in [-0.2, 0) is 0 Å². The van der Waals surface area contributed by atoms with Gasteiger partial charge in [-0.25, -0.2) is 4.98 Å². The summed E-state index contributed by atoms with van der Waals surface area (Å²) in [6, 6.07) is 0.243. The van der Waals surface area contributed by atoms with Crippen molar-refractivity contribution < 1.29 is 4.42 Å². The van der Waals surface area contributed by atoms with E-state index < -0.39 is 0 Å². The van der Waals surface area contributed by atoms with Gasteiger partial charge < -0.3 is 4.42 Å². The summed E-state index contributed by atoms with van der Waals surface area (Å²) in [5.41, 5.74) is 1.14. The standard InChI is InChI=1S/C8H11N3O/c1-6-3-7(11(2)10-6)8-4-9-5-12-8/h4-5,7H,3H2,1-2H3. The van der Waals surface area contributed by atoms with Gasteiger partial charge in [0.05, 0.1) is 6.20 Å². The molecule has 0 fully saturated rings. The van der Waals surface area contributed by atoms with E-state index in [1.807, 2.05) is 19.0 Å². The third kappa shape index (κ3) is 1.09. The van der Waals surface area contributed by atoms with E-state index in [9.17, 15) is 0 Å². The lowest BCUT2D eigenvalue weighted by molar-refractivity contribution is 0.253. The van der Waals surface area contributed by atoms with Crippen LogP contribution in [0, 0.1) is 0 Å². The molecule has 1 aliphatic rings. The summed E-state index contributed by atoms with van der Waals surface area (Å²) < 4.78 is 5.21. The lowest BCUT2D eigenvalue weighted by atomic mass is 10.1. The van der Waals surface area contributed by atoms with Crippen LogP contribution >= 0.6 is 0 Å². The SMILES string of the molecule is CC1=NN(C)C(c2cnco2)C1. The van der Waals surface area contributed by atoms with Gasteiger partial charge in [0, 0.05) is 19.2 Å². The number of nitrogens with zero attached hydrogens (tertiary/aromatic N) is 3. The second-order valence-corrected chi connectivity index (χ2v) is 3.03. The Morgan fingerprint density at radius 2 is 2.50 bits per heavy atom. The van der Waals surface area contributed by atoms with Crippen molar-refractivity contribution >= 4 is 5.71 Å². The van der Waals surface area contributed by atoms with Crippen LogP contribution in [0.5, 0.6) is 0 Å². The van der Waals surface area contributed by atoms with Crippen molar-refractivity contribution in [3.05, 3.63) is 18.4 Å². The zero-order valence-corrected chi connectivity index (χ0v) is 7.19. The second-order valence-electron chi connectivity index (χ2n) is 3.03. The Hall–Kier alpha value is -1.32. The van der Waals surface area contributed by atoms with Crippen LogP contribution < -0.4 is 0 Å². The topological polar surface area (TPSA) is 41.6 Å². The summed E-state index contributed by atoms with van der Waals surface area (Å²) in [5, 5.41) is 6.20. The molecule has 1 aromatic rings. The van der Waals surface area contributed by atoms with E-state index >= 15 is 0 Å². The molecule has 1 aromatic heterocycles. The van der Waals surface area contributed by atoms with Gasteiger partial charge in [0.1, 0.15) is 11.8 Å². The molecule has 0 bridgehead atoms. The van der Waals surface area contributed by atoms with E-state index in [-0.39, 0.29) is 6.04 Å². The maximum Gasteiger partial charge on any atom is 0.180 e. The summed E-state index contributed by atoms with van der Waals surface area (Å²) in [6.07, 6.45) is 4.14. The Kier molecular flexibility index (Phi) is 1.60. The van der Waals surface area contributed by atoms with Crippen LogP contribution in [0.15, 0.2) is 22.1 Å². The van der Waals surface area contributed by atoms with Gasteiger partial charge in [0.2, 0.25) is 0 Å². The lowest BCUT2D eigenvalue weighted by Crippen LogP contribution is -2.12. The maximum absolute atomic E-state index is 5.21. The molecule has 0 saturated carbocycles. The number of hydrogen-bond acceptors (Lipinski definition) is 4. The first-order valence-corrected chi connectivity index (χ1v) is 3.92. The molecule has 0 N–H and O–H groups in total. The van der Waals surface area contributed by atoms with Gasteiger partial charge >= 0.3 is 0 Å². The molecule has 2 heterocycles. The number of hydrazone groups is 1. The average Bonchev–Trinajstić information content (AvgIpc) is 2.58. The molecule has 12 heavy (non-hydrogen) atoms. The maximum atomic E-state index is 5.21. The number of rotatable bonds is 1. The zero-order valence-electron chi connectivity index (χ0n) is 7.19. The zero-order chi connectivity index (χ0) is 8.55. The molecule has 4 nitrogen and oxygen atoms in total. The normalized spacial score (nSPS) is 23.0. The summed E-state index contributed by atoms with van der Waals surface area (Å²) in [6.45, 7) is 2.02. The number of hydrogen-bond donors (Lipinski definition) is 0. The third-order valence-corrected chi connectivity index (χ3v) is 2.05. The largest absolute Gasteiger partial charge is 0.446 e. The van der Waals surface area contributed by atoms with Gasteiger partial charge in [0.25, 0.3) is 0 Å². The molecular formula is C8H11N3O. The fourth-order valence-electron chi connectivity index (χ4n) is 1.47. The van der Waals surface area contributed by atoms with Crippen molar-refractivity contribution in [2.45, 2.75) is 19.4 Å². The van der Waals surface area contributed by atoms with Gasteiger partial charge in [-0.1, -0.05) is 0 Å². The third-order valence-electron chi connectivity index (χ3n) is 2.05. The Morgan fingerprint density at radius 3 is 3.00 bits per heavy atom. The highest BCUT2D eigenvalue weighted by molar-refractivity contribution is 5.83.